The average molecular weight is 424 g/mol. The van der Waals surface area contributed by atoms with Crippen LogP contribution in [0.3, 0.4) is 0 Å². The zero-order valence-electron chi connectivity index (χ0n) is 16.8. The Labute approximate surface area is 172 Å². The van der Waals surface area contributed by atoms with Gasteiger partial charge in [-0.15, -0.1) is 0 Å². The van der Waals surface area contributed by atoms with Crippen molar-refractivity contribution in [3.05, 3.63) is 59.2 Å². The normalized spacial score (nSPS) is 15.2. The molecule has 2 aromatic rings. The van der Waals surface area contributed by atoms with E-state index >= 15 is 0 Å². The summed E-state index contributed by atoms with van der Waals surface area (Å²) in [6, 6.07) is 10.4. The van der Waals surface area contributed by atoms with Crippen molar-refractivity contribution in [2.75, 3.05) is 26.9 Å². The average Bonchev–Trinajstić information content (AvgIpc) is 2.69. The Morgan fingerprint density at radius 2 is 1.83 bits per heavy atom. The lowest BCUT2D eigenvalue weighted by Crippen LogP contribution is -2.48. The van der Waals surface area contributed by atoms with Crippen molar-refractivity contribution in [2.24, 2.45) is 0 Å². The molecule has 1 fully saturated rings. The summed E-state index contributed by atoms with van der Waals surface area (Å²) in [6.45, 7) is 2.85. The minimum absolute atomic E-state index is 0.0798. The van der Waals surface area contributed by atoms with Gasteiger partial charge in [-0.2, -0.15) is 13.2 Å². The van der Waals surface area contributed by atoms with Crippen molar-refractivity contribution in [3.8, 4) is 11.5 Å². The Bertz CT molecular complexity index is 873. The molecule has 0 aliphatic carbocycles. The van der Waals surface area contributed by atoms with Gasteiger partial charge in [-0.1, -0.05) is 12.1 Å². The molecule has 0 spiro atoms. The van der Waals surface area contributed by atoms with Crippen LogP contribution in [-0.2, 0) is 32.5 Å². The minimum atomic E-state index is -4.44. The number of methoxy groups -OCH3 is 1. The van der Waals surface area contributed by atoms with Gasteiger partial charge in [-0.25, -0.2) is 0 Å². The van der Waals surface area contributed by atoms with E-state index in [1.807, 2.05) is 12.1 Å². The van der Waals surface area contributed by atoms with Gasteiger partial charge in [0, 0.05) is 5.56 Å². The molecule has 0 bridgehead atoms. The summed E-state index contributed by atoms with van der Waals surface area (Å²) in [7, 11) is 1.39. The van der Waals surface area contributed by atoms with Crippen LogP contribution < -0.4 is 9.47 Å². The summed E-state index contributed by atoms with van der Waals surface area (Å²) < 4.78 is 60.1. The first-order valence-electron chi connectivity index (χ1n) is 9.48. The van der Waals surface area contributed by atoms with Crippen LogP contribution in [0.25, 0.3) is 0 Å². The summed E-state index contributed by atoms with van der Waals surface area (Å²) in [5.74, 6) is 0.530. The maximum absolute atomic E-state index is 13.0. The van der Waals surface area contributed by atoms with Crippen molar-refractivity contribution >= 4 is 5.97 Å². The Morgan fingerprint density at radius 1 is 1.13 bits per heavy atom. The van der Waals surface area contributed by atoms with Gasteiger partial charge >= 0.3 is 12.1 Å². The molecule has 0 radical (unpaired) electrons. The highest BCUT2D eigenvalue weighted by molar-refractivity contribution is 5.72. The Morgan fingerprint density at radius 3 is 2.37 bits per heavy atom. The molecule has 0 N–H and O–H groups in total. The molecular weight excluding hydrogens is 401 g/mol. The number of hydrogen-bond acceptors (Lipinski definition) is 5. The maximum Gasteiger partial charge on any atom is 0.416 e. The fourth-order valence-electron chi connectivity index (χ4n) is 3.34. The molecule has 2 aromatic carbocycles. The van der Waals surface area contributed by atoms with E-state index in [-0.39, 0.29) is 19.0 Å². The summed E-state index contributed by atoms with van der Waals surface area (Å²) in [4.78, 5) is 11.9. The molecule has 1 aliphatic rings. The number of esters is 1. The zero-order chi connectivity index (χ0) is 21.8. The van der Waals surface area contributed by atoms with Crippen molar-refractivity contribution < 1.29 is 36.9 Å². The number of carbonyl (C=O) groups excluding carboxylic acids is 1. The molecule has 5 nitrogen and oxygen atoms in total. The van der Waals surface area contributed by atoms with Gasteiger partial charge in [0.1, 0.15) is 18.1 Å². The minimum Gasteiger partial charge on any atom is -0.496 e. The van der Waals surface area contributed by atoms with Crippen LogP contribution in [0.4, 0.5) is 13.2 Å². The second kappa shape index (κ2) is 8.95. The standard InChI is InChI=1S/C22H23F3O5/c1-3-29-20(26)11-21(13-28-14-21)16-4-7-18(8-5-16)30-12-15-10-17(22(23,24)25)6-9-19(15)27-2/h4-10H,3,11-14H2,1-2H3. The van der Waals surface area contributed by atoms with Crippen LogP contribution in [0.15, 0.2) is 42.5 Å². The SMILES string of the molecule is CCOC(=O)CC1(c2ccc(OCc3cc(C(F)(F)F)ccc3OC)cc2)COC1. The molecule has 3 rings (SSSR count). The van der Waals surface area contributed by atoms with E-state index in [1.165, 1.54) is 13.2 Å². The summed E-state index contributed by atoms with van der Waals surface area (Å²) in [5.41, 5.74) is 0.0335. The van der Waals surface area contributed by atoms with Gasteiger partial charge in [0.15, 0.2) is 0 Å². The summed E-state index contributed by atoms with van der Waals surface area (Å²) in [6.07, 6.45) is -4.22. The zero-order valence-corrected chi connectivity index (χ0v) is 16.8. The molecule has 1 heterocycles. The number of ether oxygens (including phenoxy) is 4. The second-order valence-electron chi connectivity index (χ2n) is 7.09. The number of hydrogen-bond donors (Lipinski definition) is 0. The van der Waals surface area contributed by atoms with E-state index in [4.69, 9.17) is 18.9 Å². The van der Waals surface area contributed by atoms with Gasteiger partial charge in [-0.05, 0) is 42.8 Å². The largest absolute Gasteiger partial charge is 0.496 e. The van der Waals surface area contributed by atoms with Crippen LogP contribution in [0.5, 0.6) is 11.5 Å². The highest BCUT2D eigenvalue weighted by atomic mass is 19.4. The first-order chi connectivity index (χ1) is 14.3. The quantitative estimate of drug-likeness (QED) is 0.584. The van der Waals surface area contributed by atoms with Crippen LogP contribution in [0.2, 0.25) is 0 Å². The van der Waals surface area contributed by atoms with Gasteiger partial charge in [0.05, 0.1) is 44.3 Å². The van der Waals surface area contributed by atoms with E-state index in [1.54, 1.807) is 19.1 Å². The van der Waals surface area contributed by atoms with Gasteiger partial charge in [0.25, 0.3) is 0 Å². The number of halogens is 3. The van der Waals surface area contributed by atoms with Gasteiger partial charge in [-0.3, -0.25) is 4.79 Å². The summed E-state index contributed by atoms with van der Waals surface area (Å²) in [5, 5.41) is 0. The van der Waals surface area contributed by atoms with Crippen LogP contribution in [0.1, 0.15) is 30.0 Å². The first-order valence-corrected chi connectivity index (χ1v) is 9.48. The Balaban J connectivity index is 1.70. The summed E-state index contributed by atoms with van der Waals surface area (Å²) >= 11 is 0. The van der Waals surface area contributed by atoms with Gasteiger partial charge in [0.2, 0.25) is 0 Å². The Kier molecular flexibility index (Phi) is 6.55. The van der Waals surface area contributed by atoms with E-state index in [0.717, 1.165) is 17.7 Å². The lowest BCUT2D eigenvalue weighted by molar-refractivity contribution is -0.151. The number of benzene rings is 2. The van der Waals surface area contributed by atoms with Crippen molar-refractivity contribution in [3.63, 3.8) is 0 Å². The highest BCUT2D eigenvalue weighted by Gasteiger charge is 2.42. The lowest BCUT2D eigenvalue weighted by Gasteiger charge is -2.41. The third kappa shape index (κ3) is 4.87. The van der Waals surface area contributed by atoms with E-state index in [0.29, 0.717) is 36.9 Å². The molecule has 0 unspecified atom stereocenters. The van der Waals surface area contributed by atoms with Crippen LogP contribution in [0, 0.1) is 0 Å². The fourth-order valence-corrected chi connectivity index (χ4v) is 3.34. The van der Waals surface area contributed by atoms with Crippen molar-refractivity contribution in [1.82, 2.24) is 0 Å². The highest BCUT2D eigenvalue weighted by Crippen LogP contribution is 2.37. The third-order valence-electron chi connectivity index (χ3n) is 5.01. The first kappa shape index (κ1) is 22.0. The lowest BCUT2D eigenvalue weighted by atomic mass is 9.76. The topological polar surface area (TPSA) is 54.0 Å². The molecule has 30 heavy (non-hydrogen) atoms. The molecular formula is C22H23F3O5. The number of carbonyl (C=O) groups is 1. The van der Waals surface area contributed by atoms with Gasteiger partial charge < -0.3 is 18.9 Å². The predicted molar refractivity (Wildman–Crippen MR) is 103 cm³/mol. The molecule has 0 saturated carbocycles. The monoisotopic (exact) mass is 424 g/mol. The van der Waals surface area contributed by atoms with E-state index < -0.39 is 17.2 Å². The number of alkyl halides is 3. The fraction of sp³-hybridized carbons (Fsp3) is 0.409. The van der Waals surface area contributed by atoms with E-state index in [2.05, 4.69) is 0 Å². The maximum atomic E-state index is 13.0. The third-order valence-corrected chi connectivity index (χ3v) is 5.01. The Hall–Kier alpha value is -2.74. The molecule has 8 heteroatoms. The molecule has 0 atom stereocenters. The molecule has 0 amide bonds. The number of rotatable bonds is 8. The van der Waals surface area contributed by atoms with Crippen LogP contribution >= 0.6 is 0 Å². The molecule has 1 saturated heterocycles. The van der Waals surface area contributed by atoms with Crippen LogP contribution in [-0.4, -0.2) is 32.9 Å². The van der Waals surface area contributed by atoms with E-state index in [9.17, 15) is 18.0 Å². The molecule has 0 aromatic heterocycles. The molecule has 1 aliphatic heterocycles. The predicted octanol–water partition coefficient (Wildman–Crippen LogP) is 4.51. The van der Waals surface area contributed by atoms with Crippen molar-refractivity contribution in [2.45, 2.75) is 31.5 Å². The second-order valence-corrected chi connectivity index (χ2v) is 7.09. The molecule has 162 valence electrons. The van der Waals surface area contributed by atoms with Crippen molar-refractivity contribution in [1.29, 1.82) is 0 Å². The smallest absolute Gasteiger partial charge is 0.416 e.